The predicted octanol–water partition coefficient (Wildman–Crippen LogP) is 3.26. The molecule has 0 spiro atoms. The number of carbonyl (C=O) groups excluding carboxylic acids is 1. The first-order valence-corrected chi connectivity index (χ1v) is 8.09. The van der Waals surface area contributed by atoms with Gasteiger partial charge in [0, 0.05) is 6.04 Å². The van der Waals surface area contributed by atoms with Crippen molar-refractivity contribution in [2.75, 3.05) is 11.5 Å². The molecule has 0 aromatic heterocycles. The van der Waals surface area contributed by atoms with E-state index in [1.54, 1.807) is 6.92 Å². The highest BCUT2D eigenvalue weighted by atomic mass is 35.5. The van der Waals surface area contributed by atoms with Gasteiger partial charge >= 0.3 is 0 Å². The van der Waals surface area contributed by atoms with Crippen molar-refractivity contribution >= 4 is 29.3 Å². The van der Waals surface area contributed by atoms with Gasteiger partial charge in [-0.05, 0) is 49.5 Å². The summed E-state index contributed by atoms with van der Waals surface area (Å²) in [5, 5.41) is 3.14. The van der Waals surface area contributed by atoms with Crippen LogP contribution in [-0.4, -0.2) is 29.6 Å². The molecule has 1 aromatic carbocycles. The van der Waals surface area contributed by atoms with Crippen LogP contribution in [0.2, 0.25) is 5.02 Å². The minimum absolute atomic E-state index is 0.165. The Bertz CT molecular complexity index is 480. The molecule has 1 fully saturated rings. The third-order valence-corrected chi connectivity index (χ3v) is 4.48. The Hall–Kier alpha value is -0.940. The minimum Gasteiger partial charge on any atom is -0.479 e. The van der Waals surface area contributed by atoms with Crippen LogP contribution in [-0.2, 0) is 4.79 Å². The summed E-state index contributed by atoms with van der Waals surface area (Å²) in [5.74, 6) is 1.87. The molecule has 0 saturated carbocycles. The molecule has 1 saturated heterocycles. The Morgan fingerprint density at radius 2 is 2.20 bits per heavy atom. The molecule has 1 unspecified atom stereocenters. The second-order valence-electron chi connectivity index (χ2n) is 4.73. The number of thioether (sulfide) groups is 1. The third-order valence-electron chi connectivity index (χ3n) is 3.13. The molecule has 1 aromatic rings. The third kappa shape index (κ3) is 4.28. The number of benzene rings is 1. The smallest absolute Gasteiger partial charge is 0.260 e. The van der Waals surface area contributed by atoms with Crippen LogP contribution in [0.1, 0.15) is 19.8 Å². The summed E-state index contributed by atoms with van der Waals surface area (Å²) >= 11 is 7.78. The average Bonchev–Trinajstić information content (AvgIpc) is 2.43. The normalized spacial score (nSPS) is 17.6. The van der Waals surface area contributed by atoms with Gasteiger partial charge in [0.2, 0.25) is 0 Å². The van der Waals surface area contributed by atoms with Crippen LogP contribution < -0.4 is 10.1 Å². The van der Waals surface area contributed by atoms with E-state index in [0.29, 0.717) is 5.75 Å². The highest BCUT2D eigenvalue weighted by Gasteiger charge is 2.21. The van der Waals surface area contributed by atoms with Gasteiger partial charge in [-0.2, -0.15) is 11.8 Å². The maximum absolute atomic E-state index is 12.9. The lowest BCUT2D eigenvalue weighted by molar-refractivity contribution is -0.128. The van der Waals surface area contributed by atoms with E-state index in [2.05, 4.69) is 5.32 Å². The van der Waals surface area contributed by atoms with E-state index in [4.69, 9.17) is 16.3 Å². The molecular weight excluding hydrogens is 301 g/mol. The zero-order chi connectivity index (χ0) is 14.5. The SMILES string of the molecule is CC(Oc1ccc(F)cc1Cl)C(=O)NC1CCSCC1. The van der Waals surface area contributed by atoms with Crippen LogP contribution >= 0.6 is 23.4 Å². The quantitative estimate of drug-likeness (QED) is 0.926. The van der Waals surface area contributed by atoms with E-state index >= 15 is 0 Å². The second kappa shape index (κ2) is 7.18. The summed E-state index contributed by atoms with van der Waals surface area (Å²) in [6.07, 6.45) is 1.31. The molecule has 1 aliphatic rings. The molecular formula is C14H17ClFNO2S. The van der Waals surface area contributed by atoms with Crippen LogP contribution in [0, 0.1) is 5.82 Å². The van der Waals surface area contributed by atoms with Crippen molar-refractivity contribution < 1.29 is 13.9 Å². The van der Waals surface area contributed by atoms with Gasteiger partial charge in [-0.25, -0.2) is 4.39 Å². The van der Waals surface area contributed by atoms with Crippen molar-refractivity contribution in [3.05, 3.63) is 29.0 Å². The van der Waals surface area contributed by atoms with Gasteiger partial charge in [0.25, 0.3) is 5.91 Å². The Kier molecular flexibility index (Phi) is 5.54. The van der Waals surface area contributed by atoms with E-state index in [9.17, 15) is 9.18 Å². The maximum Gasteiger partial charge on any atom is 0.260 e. The zero-order valence-corrected chi connectivity index (χ0v) is 12.8. The standard InChI is InChI=1S/C14H17ClFNO2S/c1-9(14(18)17-11-4-6-20-7-5-11)19-13-3-2-10(16)8-12(13)15/h2-3,8-9,11H,4-7H2,1H3,(H,17,18). The lowest BCUT2D eigenvalue weighted by Crippen LogP contribution is -2.43. The van der Waals surface area contributed by atoms with Crippen molar-refractivity contribution in [1.82, 2.24) is 5.32 Å². The fourth-order valence-corrected chi connectivity index (χ4v) is 3.29. The number of halogens is 2. The van der Waals surface area contributed by atoms with E-state index < -0.39 is 11.9 Å². The van der Waals surface area contributed by atoms with Gasteiger partial charge in [0.05, 0.1) is 5.02 Å². The topological polar surface area (TPSA) is 38.3 Å². The molecule has 1 N–H and O–H groups in total. The highest BCUT2D eigenvalue weighted by molar-refractivity contribution is 7.99. The van der Waals surface area contributed by atoms with E-state index in [0.717, 1.165) is 24.3 Å². The molecule has 2 rings (SSSR count). The largest absolute Gasteiger partial charge is 0.479 e. The van der Waals surface area contributed by atoms with Gasteiger partial charge in [-0.15, -0.1) is 0 Å². The molecule has 0 aliphatic carbocycles. The zero-order valence-electron chi connectivity index (χ0n) is 11.2. The van der Waals surface area contributed by atoms with Gasteiger partial charge in [0.1, 0.15) is 11.6 Å². The second-order valence-corrected chi connectivity index (χ2v) is 6.36. The Morgan fingerprint density at radius 3 is 2.85 bits per heavy atom. The van der Waals surface area contributed by atoms with Gasteiger partial charge in [0.15, 0.2) is 6.10 Å². The number of hydrogen-bond donors (Lipinski definition) is 1. The molecule has 1 atom stereocenters. The van der Waals surface area contributed by atoms with E-state index in [1.807, 2.05) is 11.8 Å². The summed E-state index contributed by atoms with van der Waals surface area (Å²) in [6, 6.07) is 4.07. The Labute approximate surface area is 127 Å². The van der Waals surface area contributed by atoms with Crippen LogP contribution in [0.3, 0.4) is 0 Å². The first-order valence-electron chi connectivity index (χ1n) is 6.56. The van der Waals surface area contributed by atoms with E-state index in [1.165, 1.54) is 18.2 Å². The number of ether oxygens (including phenoxy) is 1. The van der Waals surface area contributed by atoms with Gasteiger partial charge in [-0.1, -0.05) is 11.6 Å². The number of carbonyl (C=O) groups is 1. The number of amides is 1. The van der Waals surface area contributed by atoms with Crippen LogP contribution in [0.15, 0.2) is 18.2 Å². The lowest BCUT2D eigenvalue weighted by Gasteiger charge is -2.24. The van der Waals surface area contributed by atoms with Crippen molar-refractivity contribution in [2.45, 2.75) is 31.9 Å². The van der Waals surface area contributed by atoms with Crippen molar-refractivity contribution in [3.8, 4) is 5.75 Å². The van der Waals surface area contributed by atoms with Crippen molar-refractivity contribution in [3.63, 3.8) is 0 Å². The van der Waals surface area contributed by atoms with Crippen molar-refractivity contribution in [2.24, 2.45) is 0 Å². The first kappa shape index (κ1) is 15.4. The molecule has 110 valence electrons. The molecule has 1 heterocycles. The Balaban J connectivity index is 1.89. The first-order chi connectivity index (χ1) is 9.56. The summed E-state index contributed by atoms with van der Waals surface area (Å²) in [7, 11) is 0. The molecule has 0 radical (unpaired) electrons. The number of nitrogens with one attached hydrogen (secondary N) is 1. The number of rotatable bonds is 4. The van der Waals surface area contributed by atoms with Crippen LogP contribution in [0.5, 0.6) is 5.75 Å². The predicted molar refractivity (Wildman–Crippen MR) is 80.0 cm³/mol. The average molecular weight is 318 g/mol. The van der Waals surface area contributed by atoms with Crippen LogP contribution in [0.4, 0.5) is 4.39 Å². The van der Waals surface area contributed by atoms with Crippen molar-refractivity contribution in [1.29, 1.82) is 0 Å². The summed E-state index contributed by atoms with van der Waals surface area (Å²) in [4.78, 5) is 12.0. The fraction of sp³-hybridized carbons (Fsp3) is 0.500. The van der Waals surface area contributed by atoms with Gasteiger partial charge < -0.3 is 10.1 Å². The van der Waals surface area contributed by atoms with Gasteiger partial charge in [-0.3, -0.25) is 4.79 Å². The molecule has 20 heavy (non-hydrogen) atoms. The van der Waals surface area contributed by atoms with E-state index in [-0.39, 0.29) is 17.0 Å². The molecule has 3 nitrogen and oxygen atoms in total. The Morgan fingerprint density at radius 1 is 1.50 bits per heavy atom. The molecule has 1 amide bonds. The lowest BCUT2D eigenvalue weighted by atomic mass is 10.1. The summed E-state index contributed by atoms with van der Waals surface area (Å²) < 4.78 is 18.4. The summed E-state index contributed by atoms with van der Waals surface area (Å²) in [6.45, 7) is 1.66. The summed E-state index contributed by atoms with van der Waals surface area (Å²) in [5.41, 5.74) is 0. The molecule has 6 heteroatoms. The van der Waals surface area contributed by atoms with Crippen LogP contribution in [0.25, 0.3) is 0 Å². The highest BCUT2D eigenvalue weighted by Crippen LogP contribution is 2.26. The minimum atomic E-state index is -0.660. The molecule has 0 bridgehead atoms. The molecule has 1 aliphatic heterocycles. The maximum atomic E-state index is 12.9. The monoisotopic (exact) mass is 317 g/mol. The fourth-order valence-electron chi connectivity index (χ4n) is 1.98. The number of hydrogen-bond acceptors (Lipinski definition) is 3.